The fourth-order valence-corrected chi connectivity index (χ4v) is 2.85. The number of rotatable bonds is 7. The smallest absolute Gasteiger partial charge is 0.191 e. The van der Waals surface area contributed by atoms with Crippen molar-refractivity contribution in [2.45, 2.75) is 26.3 Å². The fraction of sp³-hybridized carbons (Fsp3) is 0.588. The zero-order valence-electron chi connectivity index (χ0n) is 14.4. The number of halogens is 2. The van der Waals surface area contributed by atoms with Gasteiger partial charge in [0, 0.05) is 43.0 Å². The van der Waals surface area contributed by atoms with Crippen LogP contribution in [0.2, 0.25) is 5.02 Å². The van der Waals surface area contributed by atoms with Crippen molar-refractivity contribution < 1.29 is 4.74 Å². The molecule has 0 radical (unpaired) electrons. The van der Waals surface area contributed by atoms with Crippen molar-refractivity contribution in [3.05, 3.63) is 29.3 Å². The van der Waals surface area contributed by atoms with Crippen molar-refractivity contribution in [1.82, 2.24) is 10.6 Å². The summed E-state index contributed by atoms with van der Waals surface area (Å²) in [5.74, 6) is 0.866. The number of aliphatic imine (C=N–C) groups is 1. The lowest BCUT2D eigenvalue weighted by molar-refractivity contribution is 0.155. The van der Waals surface area contributed by atoms with E-state index in [1.807, 2.05) is 25.1 Å². The molecule has 1 aliphatic heterocycles. The molecular weight excluding hydrogens is 439 g/mol. The van der Waals surface area contributed by atoms with E-state index in [0.717, 1.165) is 43.6 Å². The first-order valence-corrected chi connectivity index (χ1v) is 8.73. The van der Waals surface area contributed by atoms with Crippen LogP contribution in [-0.2, 0) is 4.74 Å². The molecule has 2 rings (SSSR count). The highest BCUT2D eigenvalue weighted by atomic mass is 127. The van der Waals surface area contributed by atoms with Crippen LogP contribution in [0.15, 0.2) is 29.3 Å². The van der Waals surface area contributed by atoms with Gasteiger partial charge in [0.05, 0.1) is 13.2 Å². The standard InChI is InChI=1S/C17H27ClN4O.HI/c1-3-19-17(20-9-11-23-4-2)21-15-8-10-22(13-15)16-7-5-6-14(18)12-16;/h5-7,12,15H,3-4,8-11,13H2,1-2H3,(H2,19,20,21);1H. The van der Waals surface area contributed by atoms with Gasteiger partial charge in [-0.2, -0.15) is 0 Å². The third-order valence-corrected chi connectivity index (χ3v) is 3.99. The van der Waals surface area contributed by atoms with Gasteiger partial charge in [-0.15, -0.1) is 24.0 Å². The van der Waals surface area contributed by atoms with Crippen LogP contribution in [0.4, 0.5) is 5.69 Å². The Labute approximate surface area is 167 Å². The predicted molar refractivity (Wildman–Crippen MR) is 113 cm³/mol. The summed E-state index contributed by atoms with van der Waals surface area (Å²) in [5, 5.41) is 7.59. The first kappa shape index (κ1) is 21.3. The van der Waals surface area contributed by atoms with Crippen LogP contribution < -0.4 is 15.5 Å². The van der Waals surface area contributed by atoms with Crippen LogP contribution in [0.25, 0.3) is 0 Å². The summed E-state index contributed by atoms with van der Waals surface area (Å²) in [5.41, 5.74) is 1.18. The summed E-state index contributed by atoms with van der Waals surface area (Å²) in [7, 11) is 0. The van der Waals surface area contributed by atoms with E-state index in [9.17, 15) is 0 Å². The fourth-order valence-electron chi connectivity index (χ4n) is 2.67. The molecule has 1 atom stereocenters. The molecule has 0 aromatic heterocycles. The predicted octanol–water partition coefficient (Wildman–Crippen LogP) is 3.13. The summed E-state index contributed by atoms with van der Waals surface area (Å²) in [6.45, 7) is 8.97. The first-order chi connectivity index (χ1) is 11.2. The number of nitrogens with one attached hydrogen (secondary N) is 2. The topological polar surface area (TPSA) is 48.9 Å². The lowest BCUT2D eigenvalue weighted by atomic mass is 10.3. The maximum Gasteiger partial charge on any atom is 0.191 e. The highest BCUT2D eigenvalue weighted by molar-refractivity contribution is 14.0. The number of nitrogens with zero attached hydrogens (tertiary/aromatic N) is 2. The monoisotopic (exact) mass is 466 g/mol. The minimum Gasteiger partial charge on any atom is -0.380 e. The zero-order chi connectivity index (χ0) is 16.5. The second-order valence-electron chi connectivity index (χ2n) is 5.51. The molecule has 0 aliphatic carbocycles. The molecule has 2 N–H and O–H groups in total. The number of guanidine groups is 1. The SMILES string of the molecule is CCNC(=NCCOCC)NC1CCN(c2cccc(Cl)c2)C1.I. The van der Waals surface area contributed by atoms with Gasteiger partial charge in [0.15, 0.2) is 5.96 Å². The molecule has 1 aromatic rings. The number of ether oxygens (including phenoxy) is 1. The maximum atomic E-state index is 6.08. The first-order valence-electron chi connectivity index (χ1n) is 8.36. The normalized spacial score (nSPS) is 17.5. The van der Waals surface area contributed by atoms with Crippen LogP contribution >= 0.6 is 35.6 Å². The largest absolute Gasteiger partial charge is 0.380 e. The van der Waals surface area contributed by atoms with Gasteiger partial charge >= 0.3 is 0 Å². The number of hydrogen-bond donors (Lipinski definition) is 2. The van der Waals surface area contributed by atoms with E-state index >= 15 is 0 Å². The summed E-state index contributed by atoms with van der Waals surface area (Å²) in [6.07, 6.45) is 1.09. The van der Waals surface area contributed by atoms with Crippen molar-refractivity contribution >= 4 is 47.2 Å². The minimum absolute atomic E-state index is 0. The van der Waals surface area contributed by atoms with Crippen LogP contribution in [0.3, 0.4) is 0 Å². The Morgan fingerprint density at radius 1 is 1.42 bits per heavy atom. The van der Waals surface area contributed by atoms with E-state index < -0.39 is 0 Å². The Hall–Kier alpha value is -0.730. The molecule has 1 heterocycles. The van der Waals surface area contributed by atoms with Crippen molar-refractivity contribution in [1.29, 1.82) is 0 Å². The molecule has 5 nitrogen and oxygen atoms in total. The average molecular weight is 467 g/mol. The van der Waals surface area contributed by atoms with Crippen LogP contribution in [0, 0.1) is 0 Å². The molecule has 1 fully saturated rings. The summed E-state index contributed by atoms with van der Waals surface area (Å²) in [4.78, 5) is 6.91. The Bertz CT molecular complexity index is 515. The van der Waals surface area contributed by atoms with E-state index in [0.29, 0.717) is 19.2 Å². The third-order valence-electron chi connectivity index (χ3n) is 3.76. The van der Waals surface area contributed by atoms with E-state index in [2.05, 4.69) is 33.5 Å². The Balaban J connectivity index is 0.00000288. The second-order valence-corrected chi connectivity index (χ2v) is 5.95. The van der Waals surface area contributed by atoms with Crippen LogP contribution in [-0.4, -0.2) is 51.4 Å². The quantitative estimate of drug-likeness (QED) is 0.281. The van der Waals surface area contributed by atoms with Gasteiger partial charge in [0.2, 0.25) is 0 Å². The molecule has 1 aliphatic rings. The highest BCUT2D eigenvalue weighted by Crippen LogP contribution is 2.23. The molecule has 0 bridgehead atoms. The van der Waals surface area contributed by atoms with Gasteiger partial charge in [-0.1, -0.05) is 17.7 Å². The molecule has 0 spiro atoms. The van der Waals surface area contributed by atoms with Crippen molar-refractivity contribution in [2.24, 2.45) is 4.99 Å². The van der Waals surface area contributed by atoms with Gasteiger partial charge < -0.3 is 20.3 Å². The lowest BCUT2D eigenvalue weighted by Crippen LogP contribution is -2.44. The molecule has 0 amide bonds. The second kappa shape index (κ2) is 11.8. The molecule has 7 heteroatoms. The lowest BCUT2D eigenvalue weighted by Gasteiger charge is -2.20. The Morgan fingerprint density at radius 3 is 2.96 bits per heavy atom. The van der Waals surface area contributed by atoms with E-state index in [1.165, 1.54) is 5.69 Å². The Morgan fingerprint density at radius 2 is 2.25 bits per heavy atom. The summed E-state index contributed by atoms with van der Waals surface area (Å²) >= 11 is 6.08. The van der Waals surface area contributed by atoms with Gasteiger partial charge in [-0.25, -0.2) is 0 Å². The highest BCUT2D eigenvalue weighted by Gasteiger charge is 2.23. The molecule has 1 unspecified atom stereocenters. The molecule has 1 aromatic carbocycles. The zero-order valence-corrected chi connectivity index (χ0v) is 17.5. The molecule has 136 valence electrons. The van der Waals surface area contributed by atoms with Crippen LogP contribution in [0.1, 0.15) is 20.3 Å². The van der Waals surface area contributed by atoms with E-state index in [1.54, 1.807) is 0 Å². The molecular formula is C17H28ClIN4O. The minimum atomic E-state index is 0. The average Bonchev–Trinajstić information content (AvgIpc) is 3.00. The van der Waals surface area contributed by atoms with E-state index in [4.69, 9.17) is 16.3 Å². The van der Waals surface area contributed by atoms with Crippen LogP contribution in [0.5, 0.6) is 0 Å². The number of anilines is 1. The molecule has 1 saturated heterocycles. The maximum absolute atomic E-state index is 6.08. The summed E-state index contributed by atoms with van der Waals surface area (Å²) in [6, 6.07) is 8.42. The molecule has 0 saturated carbocycles. The van der Waals surface area contributed by atoms with Crippen molar-refractivity contribution in [2.75, 3.05) is 44.3 Å². The summed E-state index contributed by atoms with van der Waals surface area (Å²) < 4.78 is 5.33. The van der Waals surface area contributed by atoms with Gasteiger partial charge in [0.1, 0.15) is 0 Å². The number of hydrogen-bond acceptors (Lipinski definition) is 3. The van der Waals surface area contributed by atoms with Crippen molar-refractivity contribution in [3.63, 3.8) is 0 Å². The molecule has 24 heavy (non-hydrogen) atoms. The third kappa shape index (κ3) is 7.03. The van der Waals surface area contributed by atoms with Gasteiger partial charge in [-0.05, 0) is 38.5 Å². The number of benzene rings is 1. The van der Waals surface area contributed by atoms with E-state index in [-0.39, 0.29) is 24.0 Å². The van der Waals surface area contributed by atoms with Gasteiger partial charge in [0.25, 0.3) is 0 Å². The van der Waals surface area contributed by atoms with Crippen molar-refractivity contribution in [3.8, 4) is 0 Å². The Kier molecular flexibility index (Phi) is 10.4. The van der Waals surface area contributed by atoms with Gasteiger partial charge in [-0.3, -0.25) is 4.99 Å².